The van der Waals surface area contributed by atoms with Gasteiger partial charge in [-0.05, 0) is 17.7 Å². The van der Waals surface area contributed by atoms with Gasteiger partial charge in [-0.3, -0.25) is 25.8 Å². The van der Waals surface area contributed by atoms with Crippen molar-refractivity contribution in [2.75, 3.05) is 5.43 Å². The minimum absolute atomic E-state index is 0.0311. The van der Waals surface area contributed by atoms with Gasteiger partial charge in [0.1, 0.15) is 0 Å². The van der Waals surface area contributed by atoms with E-state index in [0.717, 1.165) is 0 Å². The SMILES string of the molecule is O=C(CC(O)c1ccccc1)NNc1ccc([N+](=O)[O-])cc1. The molecule has 0 heterocycles. The summed E-state index contributed by atoms with van der Waals surface area (Å²) in [6, 6.07) is 14.5. The summed E-state index contributed by atoms with van der Waals surface area (Å²) in [5, 5.41) is 20.4. The van der Waals surface area contributed by atoms with Crippen LogP contribution in [0, 0.1) is 10.1 Å². The first-order valence-corrected chi connectivity index (χ1v) is 6.58. The first-order chi connectivity index (χ1) is 10.6. The van der Waals surface area contributed by atoms with Crippen molar-refractivity contribution < 1.29 is 14.8 Å². The largest absolute Gasteiger partial charge is 0.388 e. The number of hydrogen-bond acceptors (Lipinski definition) is 5. The van der Waals surface area contributed by atoms with Crippen LogP contribution in [0.3, 0.4) is 0 Å². The highest BCUT2D eigenvalue weighted by molar-refractivity contribution is 5.78. The van der Waals surface area contributed by atoms with Gasteiger partial charge in [0.15, 0.2) is 0 Å². The maximum absolute atomic E-state index is 11.7. The Kier molecular flexibility index (Phi) is 5.05. The molecule has 7 nitrogen and oxygen atoms in total. The van der Waals surface area contributed by atoms with Crippen LogP contribution in [0.1, 0.15) is 18.1 Å². The number of non-ortho nitro benzene ring substituents is 1. The number of anilines is 1. The lowest BCUT2D eigenvalue weighted by atomic mass is 10.1. The molecule has 0 saturated heterocycles. The third-order valence-electron chi connectivity index (χ3n) is 2.99. The maximum Gasteiger partial charge on any atom is 0.269 e. The fraction of sp³-hybridized carbons (Fsp3) is 0.133. The van der Waals surface area contributed by atoms with Crippen LogP contribution < -0.4 is 10.9 Å². The molecule has 3 N–H and O–H groups in total. The summed E-state index contributed by atoms with van der Waals surface area (Å²) in [6.45, 7) is 0. The Morgan fingerprint density at radius 3 is 2.36 bits per heavy atom. The summed E-state index contributed by atoms with van der Waals surface area (Å²) >= 11 is 0. The zero-order valence-corrected chi connectivity index (χ0v) is 11.6. The van der Waals surface area contributed by atoms with Crippen molar-refractivity contribution in [3.63, 3.8) is 0 Å². The highest BCUT2D eigenvalue weighted by Gasteiger charge is 2.12. The minimum Gasteiger partial charge on any atom is -0.388 e. The van der Waals surface area contributed by atoms with Crippen molar-refractivity contribution in [1.29, 1.82) is 0 Å². The Balaban J connectivity index is 1.83. The van der Waals surface area contributed by atoms with E-state index in [1.54, 1.807) is 24.3 Å². The van der Waals surface area contributed by atoms with Gasteiger partial charge in [-0.1, -0.05) is 30.3 Å². The molecule has 0 spiro atoms. The lowest BCUT2D eigenvalue weighted by Crippen LogP contribution is -2.30. The number of amides is 1. The topological polar surface area (TPSA) is 104 Å². The molecular weight excluding hydrogens is 286 g/mol. The first kappa shape index (κ1) is 15.5. The molecule has 0 bridgehead atoms. The quantitative estimate of drug-likeness (QED) is 0.560. The molecule has 0 radical (unpaired) electrons. The second kappa shape index (κ2) is 7.19. The third-order valence-corrected chi connectivity index (χ3v) is 2.99. The number of nitro benzene ring substituents is 1. The fourth-order valence-corrected chi connectivity index (χ4v) is 1.83. The van der Waals surface area contributed by atoms with Crippen molar-refractivity contribution in [2.45, 2.75) is 12.5 Å². The van der Waals surface area contributed by atoms with E-state index in [9.17, 15) is 20.0 Å². The number of carbonyl (C=O) groups excluding carboxylic acids is 1. The van der Waals surface area contributed by atoms with E-state index in [2.05, 4.69) is 10.9 Å². The zero-order chi connectivity index (χ0) is 15.9. The Labute approximate surface area is 126 Å². The number of rotatable bonds is 6. The molecule has 0 aliphatic heterocycles. The lowest BCUT2D eigenvalue weighted by molar-refractivity contribution is -0.384. The average molecular weight is 301 g/mol. The molecule has 0 aliphatic carbocycles. The van der Waals surface area contributed by atoms with E-state index >= 15 is 0 Å². The maximum atomic E-state index is 11.7. The molecule has 0 aliphatic rings. The Bertz CT molecular complexity index is 644. The van der Waals surface area contributed by atoms with Crippen LogP contribution in [0.25, 0.3) is 0 Å². The minimum atomic E-state index is -0.889. The molecule has 2 aromatic rings. The van der Waals surface area contributed by atoms with Gasteiger partial charge < -0.3 is 5.11 Å². The molecule has 0 fully saturated rings. The molecular formula is C15H15N3O4. The number of benzene rings is 2. The predicted molar refractivity (Wildman–Crippen MR) is 80.9 cm³/mol. The Hall–Kier alpha value is -2.93. The molecule has 0 aromatic heterocycles. The summed E-state index contributed by atoms with van der Waals surface area (Å²) < 4.78 is 0. The van der Waals surface area contributed by atoms with Gasteiger partial charge in [-0.25, -0.2) is 0 Å². The fourth-order valence-electron chi connectivity index (χ4n) is 1.83. The van der Waals surface area contributed by atoms with Gasteiger partial charge >= 0.3 is 0 Å². The molecule has 114 valence electrons. The molecule has 0 saturated carbocycles. The summed E-state index contributed by atoms with van der Waals surface area (Å²) in [5.41, 5.74) is 6.20. The normalized spacial score (nSPS) is 11.5. The Morgan fingerprint density at radius 1 is 1.14 bits per heavy atom. The van der Waals surface area contributed by atoms with Crippen LogP contribution in [0.4, 0.5) is 11.4 Å². The van der Waals surface area contributed by atoms with Crippen molar-refractivity contribution >= 4 is 17.3 Å². The molecule has 22 heavy (non-hydrogen) atoms. The lowest BCUT2D eigenvalue weighted by Gasteiger charge is -2.12. The molecule has 1 amide bonds. The average Bonchev–Trinajstić information content (AvgIpc) is 2.54. The van der Waals surface area contributed by atoms with Gasteiger partial charge in [0.05, 0.1) is 23.1 Å². The van der Waals surface area contributed by atoms with Crippen LogP contribution in [-0.4, -0.2) is 15.9 Å². The standard InChI is InChI=1S/C15H15N3O4/c19-14(11-4-2-1-3-5-11)10-15(20)17-16-12-6-8-13(9-7-12)18(21)22/h1-9,14,16,19H,10H2,(H,17,20). The zero-order valence-electron chi connectivity index (χ0n) is 11.6. The van der Waals surface area contributed by atoms with E-state index in [1.807, 2.05) is 6.07 Å². The van der Waals surface area contributed by atoms with Crippen LogP contribution in [-0.2, 0) is 4.79 Å². The monoisotopic (exact) mass is 301 g/mol. The molecule has 1 atom stereocenters. The van der Waals surface area contributed by atoms with Gasteiger partial charge in [-0.2, -0.15) is 0 Å². The van der Waals surface area contributed by atoms with E-state index in [-0.39, 0.29) is 12.1 Å². The van der Waals surface area contributed by atoms with Crippen LogP contribution in [0.2, 0.25) is 0 Å². The number of hydrogen-bond donors (Lipinski definition) is 3. The molecule has 2 aromatic carbocycles. The number of aliphatic hydroxyl groups excluding tert-OH is 1. The number of nitro groups is 1. The van der Waals surface area contributed by atoms with Crippen LogP contribution in [0.5, 0.6) is 0 Å². The van der Waals surface area contributed by atoms with E-state index in [0.29, 0.717) is 11.3 Å². The van der Waals surface area contributed by atoms with Crippen molar-refractivity contribution in [3.05, 3.63) is 70.3 Å². The van der Waals surface area contributed by atoms with Crippen molar-refractivity contribution in [1.82, 2.24) is 5.43 Å². The predicted octanol–water partition coefficient (Wildman–Crippen LogP) is 2.16. The summed E-state index contributed by atoms with van der Waals surface area (Å²) in [6.07, 6.45) is -0.982. The van der Waals surface area contributed by atoms with Gasteiger partial charge in [0, 0.05) is 12.1 Å². The van der Waals surface area contributed by atoms with E-state index < -0.39 is 16.9 Å². The number of hydrazine groups is 1. The highest BCUT2D eigenvalue weighted by atomic mass is 16.6. The van der Waals surface area contributed by atoms with Crippen molar-refractivity contribution in [3.8, 4) is 0 Å². The van der Waals surface area contributed by atoms with Crippen molar-refractivity contribution in [2.24, 2.45) is 0 Å². The smallest absolute Gasteiger partial charge is 0.269 e. The third kappa shape index (κ3) is 4.29. The van der Waals surface area contributed by atoms with E-state index in [4.69, 9.17) is 0 Å². The van der Waals surface area contributed by atoms with Crippen LogP contribution >= 0.6 is 0 Å². The second-order valence-corrected chi connectivity index (χ2v) is 4.61. The number of nitrogens with zero attached hydrogens (tertiary/aromatic N) is 1. The summed E-state index contributed by atoms with van der Waals surface area (Å²) in [4.78, 5) is 21.8. The molecule has 2 rings (SSSR count). The van der Waals surface area contributed by atoms with Gasteiger partial charge in [0.25, 0.3) is 5.69 Å². The molecule has 7 heteroatoms. The summed E-state index contributed by atoms with van der Waals surface area (Å²) in [7, 11) is 0. The second-order valence-electron chi connectivity index (χ2n) is 4.61. The number of carbonyl (C=O) groups is 1. The van der Waals surface area contributed by atoms with Gasteiger partial charge in [0.2, 0.25) is 5.91 Å². The highest BCUT2D eigenvalue weighted by Crippen LogP contribution is 2.16. The van der Waals surface area contributed by atoms with Crippen LogP contribution in [0.15, 0.2) is 54.6 Å². The Morgan fingerprint density at radius 2 is 1.77 bits per heavy atom. The molecule has 1 unspecified atom stereocenters. The number of nitrogens with one attached hydrogen (secondary N) is 2. The first-order valence-electron chi connectivity index (χ1n) is 6.58. The van der Waals surface area contributed by atoms with E-state index in [1.165, 1.54) is 24.3 Å². The van der Waals surface area contributed by atoms with Gasteiger partial charge in [-0.15, -0.1) is 0 Å². The number of aliphatic hydroxyl groups is 1. The summed E-state index contributed by atoms with van der Waals surface area (Å²) in [5.74, 6) is -0.394.